The zero-order valence-electron chi connectivity index (χ0n) is 26.7. The average Bonchev–Trinajstić information content (AvgIpc) is 2.92. The molecule has 0 amide bonds. The lowest BCUT2D eigenvalue weighted by molar-refractivity contribution is -0.698. The first-order valence-corrected chi connectivity index (χ1v) is 17.8. The van der Waals surface area contributed by atoms with Crippen LogP contribution in [0.4, 0.5) is 0 Å². The van der Waals surface area contributed by atoms with Gasteiger partial charge >= 0.3 is 0 Å². The van der Waals surface area contributed by atoms with Gasteiger partial charge < -0.3 is 0 Å². The van der Waals surface area contributed by atoms with E-state index in [1.165, 1.54) is 186 Å². The standard InChI is InChI=1S/C37H70N/c1-4-7-10-13-16-17-18-19-20-23-26-29-32-38-34-36(30-27-24-21-14-11-8-5-2)33-37(35-38)31-28-25-22-15-12-9-6-3/h33-35H,4-32H2,1-3H3/q+1. The third-order valence-electron chi connectivity index (χ3n) is 8.44. The Bertz CT molecular complexity index is 570. The van der Waals surface area contributed by atoms with Gasteiger partial charge in [0.05, 0.1) is 0 Å². The Morgan fingerprint density at radius 1 is 0.368 bits per heavy atom. The van der Waals surface area contributed by atoms with Crippen molar-refractivity contribution in [3.05, 3.63) is 29.6 Å². The van der Waals surface area contributed by atoms with Crippen molar-refractivity contribution in [2.75, 3.05) is 0 Å². The summed E-state index contributed by atoms with van der Waals surface area (Å²) in [6, 6.07) is 2.55. The van der Waals surface area contributed by atoms with E-state index in [1.54, 1.807) is 11.1 Å². The van der Waals surface area contributed by atoms with Crippen LogP contribution < -0.4 is 4.57 Å². The number of hydrogen-bond acceptors (Lipinski definition) is 0. The molecule has 0 atom stereocenters. The topological polar surface area (TPSA) is 3.88 Å². The van der Waals surface area contributed by atoms with Crippen LogP contribution in [0.25, 0.3) is 0 Å². The molecule has 1 rings (SSSR count). The second-order valence-electron chi connectivity index (χ2n) is 12.4. The van der Waals surface area contributed by atoms with Gasteiger partial charge in [0.2, 0.25) is 0 Å². The van der Waals surface area contributed by atoms with Crippen molar-refractivity contribution in [1.29, 1.82) is 0 Å². The lowest BCUT2D eigenvalue weighted by atomic mass is 10.0. The highest BCUT2D eigenvalue weighted by Gasteiger charge is 2.09. The van der Waals surface area contributed by atoms with Crippen molar-refractivity contribution >= 4 is 0 Å². The Morgan fingerprint density at radius 2 is 0.658 bits per heavy atom. The van der Waals surface area contributed by atoms with E-state index in [1.807, 2.05) is 0 Å². The third-order valence-corrected chi connectivity index (χ3v) is 8.44. The largest absolute Gasteiger partial charge is 0.205 e. The molecule has 0 aliphatic carbocycles. The summed E-state index contributed by atoms with van der Waals surface area (Å²) < 4.78 is 2.56. The minimum Gasteiger partial charge on any atom is -0.205 e. The SMILES string of the molecule is CCCCCCCCCCCCCC[n+]1cc(CCCCCCCCC)cc(CCCCCCCCC)c1. The molecule has 0 spiro atoms. The Hall–Kier alpha value is -0.850. The molecule has 1 heterocycles. The second-order valence-corrected chi connectivity index (χ2v) is 12.4. The molecule has 0 saturated carbocycles. The van der Waals surface area contributed by atoms with Gasteiger partial charge in [0.1, 0.15) is 6.54 Å². The highest BCUT2D eigenvalue weighted by Crippen LogP contribution is 2.15. The molecule has 0 fully saturated rings. The van der Waals surface area contributed by atoms with Crippen LogP contribution in [0.3, 0.4) is 0 Å². The summed E-state index contributed by atoms with van der Waals surface area (Å²) in [5.41, 5.74) is 3.19. The molecule has 1 aromatic rings. The molecule has 0 aromatic carbocycles. The zero-order chi connectivity index (χ0) is 27.4. The molecule has 0 aliphatic heterocycles. The highest BCUT2D eigenvalue weighted by atomic mass is 14.9. The van der Waals surface area contributed by atoms with Crippen molar-refractivity contribution in [3.63, 3.8) is 0 Å². The molecule has 222 valence electrons. The fraction of sp³-hybridized carbons (Fsp3) is 0.865. The van der Waals surface area contributed by atoms with Crippen molar-refractivity contribution in [3.8, 4) is 0 Å². The van der Waals surface area contributed by atoms with Crippen LogP contribution in [-0.4, -0.2) is 0 Å². The number of aromatic nitrogens is 1. The van der Waals surface area contributed by atoms with Gasteiger partial charge in [0, 0.05) is 17.5 Å². The Kier molecular flexibility index (Phi) is 25.6. The number of aryl methyl sites for hydroxylation is 3. The van der Waals surface area contributed by atoms with Gasteiger partial charge in [-0.3, -0.25) is 0 Å². The van der Waals surface area contributed by atoms with E-state index in [0.29, 0.717) is 0 Å². The maximum absolute atomic E-state index is 2.56. The normalized spacial score (nSPS) is 11.4. The predicted octanol–water partition coefficient (Wildman–Crippen LogP) is 12.3. The number of pyridine rings is 1. The quantitative estimate of drug-likeness (QED) is 0.0719. The average molecular weight is 529 g/mol. The fourth-order valence-corrected chi connectivity index (χ4v) is 5.89. The van der Waals surface area contributed by atoms with Crippen molar-refractivity contribution < 1.29 is 4.57 Å². The van der Waals surface area contributed by atoms with E-state index in [2.05, 4.69) is 43.8 Å². The van der Waals surface area contributed by atoms with Crippen LogP contribution in [0.1, 0.15) is 199 Å². The molecular formula is C37H70N+. The van der Waals surface area contributed by atoms with Crippen LogP contribution >= 0.6 is 0 Å². The van der Waals surface area contributed by atoms with E-state index >= 15 is 0 Å². The van der Waals surface area contributed by atoms with Crippen molar-refractivity contribution in [2.24, 2.45) is 0 Å². The molecule has 0 N–H and O–H groups in total. The Balaban J connectivity index is 2.34. The molecule has 38 heavy (non-hydrogen) atoms. The van der Waals surface area contributed by atoms with Crippen LogP contribution in [0.2, 0.25) is 0 Å². The second kappa shape index (κ2) is 27.7. The lowest BCUT2D eigenvalue weighted by Gasteiger charge is -2.07. The van der Waals surface area contributed by atoms with Gasteiger partial charge in [-0.25, -0.2) is 4.57 Å². The minimum absolute atomic E-state index is 1.21. The molecule has 1 nitrogen and oxygen atoms in total. The Morgan fingerprint density at radius 3 is 1.00 bits per heavy atom. The van der Waals surface area contributed by atoms with Crippen LogP contribution in [0.5, 0.6) is 0 Å². The zero-order valence-corrected chi connectivity index (χ0v) is 26.7. The monoisotopic (exact) mass is 529 g/mol. The van der Waals surface area contributed by atoms with E-state index in [9.17, 15) is 0 Å². The summed E-state index contributed by atoms with van der Waals surface area (Å²) in [6.07, 6.45) is 44.4. The van der Waals surface area contributed by atoms with Crippen LogP contribution in [0, 0.1) is 0 Å². The number of unbranched alkanes of at least 4 members (excludes halogenated alkanes) is 23. The smallest absolute Gasteiger partial charge is 0.171 e. The first kappa shape index (κ1) is 35.2. The van der Waals surface area contributed by atoms with Gasteiger partial charge in [-0.1, -0.05) is 162 Å². The van der Waals surface area contributed by atoms with E-state index in [4.69, 9.17) is 0 Å². The third kappa shape index (κ3) is 22.0. The summed E-state index contributed by atoms with van der Waals surface area (Å²) in [7, 11) is 0. The molecule has 1 aromatic heterocycles. The van der Waals surface area contributed by atoms with Gasteiger partial charge in [-0.2, -0.15) is 0 Å². The molecule has 0 aliphatic rings. The van der Waals surface area contributed by atoms with E-state index in [0.717, 1.165) is 0 Å². The minimum atomic E-state index is 1.21. The van der Waals surface area contributed by atoms with Crippen molar-refractivity contribution in [1.82, 2.24) is 0 Å². The molecule has 0 unspecified atom stereocenters. The molecular weight excluding hydrogens is 458 g/mol. The molecule has 0 saturated heterocycles. The van der Waals surface area contributed by atoms with E-state index in [-0.39, 0.29) is 0 Å². The number of nitrogens with zero attached hydrogens (tertiary/aromatic N) is 1. The molecule has 1 heteroatoms. The number of rotatable bonds is 29. The first-order valence-electron chi connectivity index (χ1n) is 17.8. The van der Waals surface area contributed by atoms with Crippen LogP contribution in [0.15, 0.2) is 18.5 Å². The summed E-state index contributed by atoms with van der Waals surface area (Å²) in [4.78, 5) is 0. The number of hydrogen-bond donors (Lipinski definition) is 0. The summed E-state index contributed by atoms with van der Waals surface area (Å²) in [5, 5.41) is 0. The maximum atomic E-state index is 2.56. The summed E-state index contributed by atoms with van der Waals surface area (Å²) in [5.74, 6) is 0. The lowest BCUT2D eigenvalue weighted by Crippen LogP contribution is -2.34. The van der Waals surface area contributed by atoms with Gasteiger partial charge in [0.15, 0.2) is 12.4 Å². The fourth-order valence-electron chi connectivity index (χ4n) is 5.89. The highest BCUT2D eigenvalue weighted by molar-refractivity contribution is 5.15. The molecule has 0 bridgehead atoms. The van der Waals surface area contributed by atoms with Gasteiger partial charge in [0.25, 0.3) is 0 Å². The van der Waals surface area contributed by atoms with Gasteiger partial charge in [-0.15, -0.1) is 0 Å². The summed E-state index contributed by atoms with van der Waals surface area (Å²) >= 11 is 0. The van der Waals surface area contributed by atoms with Crippen LogP contribution in [-0.2, 0) is 19.4 Å². The maximum Gasteiger partial charge on any atom is 0.171 e. The van der Waals surface area contributed by atoms with Gasteiger partial charge in [-0.05, 0) is 38.2 Å². The predicted molar refractivity (Wildman–Crippen MR) is 171 cm³/mol. The molecule has 0 radical (unpaired) electrons. The first-order chi connectivity index (χ1) is 18.8. The summed E-state index contributed by atoms with van der Waals surface area (Å²) in [6.45, 7) is 8.15. The Labute approximate surface area is 241 Å². The van der Waals surface area contributed by atoms with E-state index < -0.39 is 0 Å². The van der Waals surface area contributed by atoms with Crippen molar-refractivity contribution in [2.45, 2.75) is 207 Å².